The number of rotatable bonds is 55. The number of aliphatic hydroxyl groups is 4. The summed E-state index contributed by atoms with van der Waals surface area (Å²) >= 11 is 0. The first-order valence-corrected chi connectivity index (χ1v) is 30.2. The highest BCUT2D eigenvalue weighted by Gasteiger charge is 2.28. The molecule has 0 fully saturated rings. The van der Waals surface area contributed by atoms with Crippen molar-refractivity contribution in [2.24, 2.45) is 0 Å². The average Bonchev–Trinajstić information content (AvgIpc) is 3.35. The van der Waals surface area contributed by atoms with Crippen molar-refractivity contribution in [2.75, 3.05) is 6.61 Å². The van der Waals surface area contributed by atoms with Crippen molar-refractivity contribution >= 4 is 5.91 Å². The maximum absolute atomic E-state index is 12.6. The minimum atomic E-state index is -1.30. The first-order valence-electron chi connectivity index (χ1n) is 30.2. The molecular weight excluding hydrogens is 851 g/mol. The van der Waals surface area contributed by atoms with Crippen LogP contribution in [0.25, 0.3) is 0 Å². The van der Waals surface area contributed by atoms with Gasteiger partial charge in [0.1, 0.15) is 12.2 Å². The molecule has 6 nitrogen and oxygen atoms in total. The van der Waals surface area contributed by atoms with Gasteiger partial charge < -0.3 is 25.7 Å². The highest BCUT2D eigenvalue weighted by molar-refractivity contribution is 5.80. The Balaban J connectivity index is 3.66. The molecular formula is C63H117NO5. The van der Waals surface area contributed by atoms with Crippen LogP contribution in [0.4, 0.5) is 0 Å². The second kappa shape index (κ2) is 56.9. The molecule has 0 aromatic carbocycles. The van der Waals surface area contributed by atoms with Gasteiger partial charge in [-0.25, -0.2) is 0 Å². The van der Waals surface area contributed by atoms with Crippen molar-refractivity contribution in [2.45, 2.75) is 327 Å². The van der Waals surface area contributed by atoms with Crippen molar-refractivity contribution in [3.05, 3.63) is 60.8 Å². The Hall–Kier alpha value is -1.99. The number of unbranched alkanes of at least 4 members (excludes halogenated alkanes) is 36. The fourth-order valence-electron chi connectivity index (χ4n) is 9.18. The summed E-state index contributed by atoms with van der Waals surface area (Å²) in [5.74, 6) is -0.598. The molecule has 0 aliphatic rings. The van der Waals surface area contributed by atoms with E-state index in [-0.39, 0.29) is 0 Å². The molecule has 404 valence electrons. The first-order chi connectivity index (χ1) is 34.0. The van der Waals surface area contributed by atoms with Gasteiger partial charge in [-0.05, 0) is 96.3 Å². The third kappa shape index (κ3) is 50.7. The number of aliphatic hydroxyl groups excluding tert-OH is 4. The van der Waals surface area contributed by atoms with Gasteiger partial charge in [0.2, 0.25) is 5.91 Å². The molecule has 0 spiro atoms. The van der Waals surface area contributed by atoms with Crippen molar-refractivity contribution in [1.29, 1.82) is 0 Å². The van der Waals surface area contributed by atoms with Crippen LogP contribution in [-0.2, 0) is 4.79 Å². The summed E-state index contributed by atoms with van der Waals surface area (Å²) in [4.78, 5) is 12.6. The van der Waals surface area contributed by atoms with E-state index in [1.165, 1.54) is 212 Å². The van der Waals surface area contributed by atoms with Gasteiger partial charge in [0.15, 0.2) is 0 Å². The van der Waals surface area contributed by atoms with Gasteiger partial charge in [-0.3, -0.25) is 4.79 Å². The second-order valence-corrected chi connectivity index (χ2v) is 20.7. The van der Waals surface area contributed by atoms with Crippen LogP contribution in [0.1, 0.15) is 303 Å². The van der Waals surface area contributed by atoms with E-state index in [1.807, 2.05) is 0 Å². The lowest BCUT2D eigenvalue weighted by molar-refractivity contribution is -0.132. The number of hydrogen-bond donors (Lipinski definition) is 5. The Labute approximate surface area is 429 Å². The van der Waals surface area contributed by atoms with Gasteiger partial charge in [0.05, 0.1) is 18.8 Å². The monoisotopic (exact) mass is 968 g/mol. The van der Waals surface area contributed by atoms with E-state index in [1.54, 1.807) is 0 Å². The van der Waals surface area contributed by atoms with E-state index in [2.05, 4.69) is 79.9 Å². The van der Waals surface area contributed by atoms with Gasteiger partial charge in [0, 0.05) is 0 Å². The molecule has 0 aromatic heterocycles. The van der Waals surface area contributed by atoms with Crippen LogP contribution in [0.2, 0.25) is 0 Å². The summed E-state index contributed by atoms with van der Waals surface area (Å²) in [6.45, 7) is 4.06. The molecule has 1 amide bonds. The lowest BCUT2D eigenvalue weighted by atomic mass is 10.00. The SMILES string of the molecule is CCCCCCCCCC/C=C/CC/C=C/CC/C=C/CCCC(O)C(O)C(CO)NC(=O)C(O)CCCCCCCCCCCCCCCCCC/C=C\C/C=C\CCCCCCCCCCC. The minimum Gasteiger partial charge on any atom is -0.394 e. The quantitative estimate of drug-likeness (QED) is 0.0308. The molecule has 0 saturated heterocycles. The van der Waals surface area contributed by atoms with Gasteiger partial charge >= 0.3 is 0 Å². The summed E-state index contributed by atoms with van der Waals surface area (Å²) in [5.41, 5.74) is 0. The van der Waals surface area contributed by atoms with Crippen LogP contribution in [-0.4, -0.2) is 57.3 Å². The molecule has 0 radical (unpaired) electrons. The Bertz CT molecular complexity index is 1180. The van der Waals surface area contributed by atoms with Crippen LogP contribution < -0.4 is 5.32 Å². The van der Waals surface area contributed by atoms with Gasteiger partial charge in [-0.1, -0.05) is 267 Å². The topological polar surface area (TPSA) is 110 Å². The number of amides is 1. The van der Waals surface area contributed by atoms with Crippen molar-refractivity contribution < 1.29 is 25.2 Å². The normalized spacial score (nSPS) is 14.1. The molecule has 4 atom stereocenters. The van der Waals surface area contributed by atoms with Crippen molar-refractivity contribution in [3.63, 3.8) is 0 Å². The molecule has 0 heterocycles. The number of nitrogens with one attached hydrogen (secondary N) is 1. The third-order valence-electron chi connectivity index (χ3n) is 13.9. The number of carbonyl (C=O) groups is 1. The van der Waals surface area contributed by atoms with Crippen molar-refractivity contribution in [3.8, 4) is 0 Å². The molecule has 0 aliphatic heterocycles. The van der Waals surface area contributed by atoms with Crippen molar-refractivity contribution in [1.82, 2.24) is 5.32 Å². The Morgan fingerprint density at radius 1 is 0.362 bits per heavy atom. The molecule has 5 N–H and O–H groups in total. The van der Waals surface area contributed by atoms with E-state index >= 15 is 0 Å². The largest absolute Gasteiger partial charge is 0.394 e. The Kier molecular flexibility index (Phi) is 55.3. The average molecular weight is 969 g/mol. The highest BCUT2D eigenvalue weighted by Crippen LogP contribution is 2.17. The highest BCUT2D eigenvalue weighted by atomic mass is 16.3. The summed E-state index contributed by atoms with van der Waals surface area (Å²) in [5, 5.41) is 44.0. The molecule has 0 aromatic rings. The zero-order chi connectivity index (χ0) is 50.2. The zero-order valence-corrected chi connectivity index (χ0v) is 45.8. The maximum Gasteiger partial charge on any atom is 0.249 e. The van der Waals surface area contributed by atoms with E-state index in [0.717, 1.165) is 57.8 Å². The van der Waals surface area contributed by atoms with E-state index in [0.29, 0.717) is 19.3 Å². The third-order valence-corrected chi connectivity index (χ3v) is 13.9. The summed E-state index contributed by atoms with van der Waals surface area (Å²) < 4.78 is 0. The molecule has 6 heteroatoms. The second-order valence-electron chi connectivity index (χ2n) is 20.7. The minimum absolute atomic E-state index is 0.358. The van der Waals surface area contributed by atoms with Gasteiger partial charge in [0.25, 0.3) is 0 Å². The summed E-state index contributed by atoms with van der Waals surface area (Å²) in [6.07, 6.45) is 74.5. The fraction of sp³-hybridized carbons (Fsp3) is 0.825. The molecule has 0 bridgehead atoms. The number of allylic oxidation sites excluding steroid dienone is 10. The molecule has 69 heavy (non-hydrogen) atoms. The first kappa shape index (κ1) is 67.0. The predicted octanol–water partition coefficient (Wildman–Crippen LogP) is 17.9. The van der Waals surface area contributed by atoms with E-state index in [4.69, 9.17) is 0 Å². The van der Waals surface area contributed by atoms with Crippen LogP contribution in [0, 0.1) is 0 Å². The number of hydrogen-bond acceptors (Lipinski definition) is 5. The van der Waals surface area contributed by atoms with Gasteiger partial charge in [-0.2, -0.15) is 0 Å². The lowest BCUT2D eigenvalue weighted by Crippen LogP contribution is -2.53. The van der Waals surface area contributed by atoms with Crippen LogP contribution in [0.5, 0.6) is 0 Å². The summed E-state index contributed by atoms with van der Waals surface area (Å²) in [6, 6.07) is -1.01. The smallest absolute Gasteiger partial charge is 0.249 e. The lowest BCUT2D eigenvalue weighted by Gasteiger charge is -2.27. The van der Waals surface area contributed by atoms with Crippen LogP contribution in [0.3, 0.4) is 0 Å². The Morgan fingerprint density at radius 3 is 1.00 bits per heavy atom. The van der Waals surface area contributed by atoms with Crippen LogP contribution >= 0.6 is 0 Å². The molecule has 0 saturated carbocycles. The number of carbonyl (C=O) groups excluding carboxylic acids is 1. The van der Waals surface area contributed by atoms with E-state index in [9.17, 15) is 25.2 Å². The molecule has 0 aliphatic carbocycles. The molecule has 0 rings (SSSR count). The maximum atomic E-state index is 12.6. The fourth-order valence-corrected chi connectivity index (χ4v) is 9.18. The molecule has 4 unspecified atom stereocenters. The van der Waals surface area contributed by atoms with Gasteiger partial charge in [-0.15, -0.1) is 0 Å². The van der Waals surface area contributed by atoms with Crippen LogP contribution in [0.15, 0.2) is 60.8 Å². The predicted molar refractivity (Wildman–Crippen MR) is 302 cm³/mol. The Morgan fingerprint density at radius 2 is 0.652 bits per heavy atom. The van der Waals surface area contributed by atoms with E-state index < -0.39 is 36.9 Å². The zero-order valence-electron chi connectivity index (χ0n) is 45.8. The summed E-state index contributed by atoms with van der Waals surface area (Å²) in [7, 11) is 0. The standard InChI is InChI=1S/C63H117NO5/c1-3-5-7-9-11-13-15-17-19-21-23-25-26-27-28-29-30-31-32-33-34-35-37-39-41-43-45-47-49-51-53-55-57-61(67)63(69)64-59(58-65)62(68)60(66)56-54-52-50-48-46-44-42-40-38-36-24-22-20-18-16-14-12-10-8-6-4-2/h22-25,27-28,40,42,48,50,59-62,65-68H,3-21,26,29-39,41,43-47,49,51-58H2,1-2H3,(H,64,69)/b24-22+,25-23-,28-27-,42-40+,50-48+.